The topological polar surface area (TPSA) is 99.1 Å². The first-order chi connectivity index (χ1) is 13.6. The van der Waals surface area contributed by atoms with Crippen LogP contribution in [0.1, 0.15) is 40.5 Å². The van der Waals surface area contributed by atoms with E-state index >= 15 is 0 Å². The number of carbonyl (C=O) groups is 3. The summed E-state index contributed by atoms with van der Waals surface area (Å²) in [5, 5.41) is 9.01. The normalized spacial score (nSPS) is 29.8. The van der Waals surface area contributed by atoms with E-state index in [0.717, 1.165) is 11.1 Å². The first-order valence-electron chi connectivity index (χ1n) is 9.53. The molecule has 0 aromatic rings. The second kappa shape index (κ2) is 9.69. The molecule has 29 heavy (non-hydrogen) atoms. The van der Waals surface area contributed by atoms with Gasteiger partial charge >= 0.3 is 17.9 Å². The third-order valence-corrected chi connectivity index (χ3v) is 5.09. The van der Waals surface area contributed by atoms with Crippen LogP contribution in [0.15, 0.2) is 47.1 Å². The molecule has 4 atom stereocenters. The molecular formula is C22H28O7. The molecule has 158 valence electrons. The number of esters is 3. The Labute approximate surface area is 170 Å². The number of hydrogen-bond donors (Lipinski definition) is 1. The van der Waals surface area contributed by atoms with Crippen molar-refractivity contribution in [3.8, 4) is 0 Å². The van der Waals surface area contributed by atoms with Crippen LogP contribution < -0.4 is 0 Å². The minimum absolute atomic E-state index is 0.234. The number of carbonyl (C=O) groups excluding carboxylic acids is 3. The zero-order valence-electron chi connectivity index (χ0n) is 17.3. The molecule has 0 radical (unpaired) electrons. The fourth-order valence-electron chi connectivity index (χ4n) is 3.48. The van der Waals surface area contributed by atoms with Crippen LogP contribution in [0.2, 0.25) is 0 Å². The molecule has 1 heterocycles. The van der Waals surface area contributed by atoms with E-state index in [-0.39, 0.29) is 17.8 Å². The minimum atomic E-state index is -0.682. The highest BCUT2D eigenvalue weighted by Gasteiger charge is 2.44. The zero-order valence-corrected chi connectivity index (χ0v) is 17.3. The maximum Gasteiger partial charge on any atom is 0.334 e. The van der Waals surface area contributed by atoms with Crippen molar-refractivity contribution in [3.05, 3.63) is 47.1 Å². The van der Waals surface area contributed by atoms with Crippen LogP contribution in [0.5, 0.6) is 0 Å². The van der Waals surface area contributed by atoms with Crippen molar-refractivity contribution < 1.29 is 33.7 Å². The minimum Gasteiger partial charge on any atom is -0.458 e. The van der Waals surface area contributed by atoms with Gasteiger partial charge in [0.15, 0.2) is 0 Å². The number of fused-ring (bicyclic) bond motifs is 1. The van der Waals surface area contributed by atoms with Gasteiger partial charge in [-0.05, 0) is 38.5 Å². The van der Waals surface area contributed by atoms with Gasteiger partial charge in [-0.25, -0.2) is 9.59 Å². The van der Waals surface area contributed by atoms with Crippen LogP contribution in [0.25, 0.3) is 0 Å². The number of aliphatic hydroxyl groups excluding tert-OH is 1. The molecule has 7 heteroatoms. The summed E-state index contributed by atoms with van der Waals surface area (Å²) in [6.07, 6.45) is 4.05. The summed E-state index contributed by atoms with van der Waals surface area (Å²) in [5.41, 5.74) is 2.17. The number of ether oxygens (including phenoxy) is 3. The predicted molar refractivity (Wildman–Crippen MR) is 106 cm³/mol. The summed E-state index contributed by atoms with van der Waals surface area (Å²) < 4.78 is 16.6. The van der Waals surface area contributed by atoms with E-state index in [0.29, 0.717) is 12.8 Å². The highest BCUT2D eigenvalue weighted by atomic mass is 16.6. The standard InChI is InChI=1S/C22H28O7/c1-12-6-7-17(27-16(5)24)14(3)11-19-20(15(4)22(26)29-19)18(10-12)28-21(25)13(2)8-9-23/h6,8,11,17-20,23H,4,7,9-10H2,1-3,5H3/b12-6?,13-8+,14-11+/t17-,18+,19+,20+/m0/s1. The van der Waals surface area contributed by atoms with Gasteiger partial charge in [0.1, 0.15) is 18.3 Å². The predicted octanol–water partition coefficient (Wildman–Crippen LogP) is 2.55. The molecule has 0 saturated carbocycles. The molecule has 0 aromatic heterocycles. The molecule has 1 aliphatic heterocycles. The van der Waals surface area contributed by atoms with Crippen LogP contribution in [0.4, 0.5) is 0 Å². The molecule has 0 aromatic carbocycles. The Balaban J connectivity index is 2.42. The van der Waals surface area contributed by atoms with Gasteiger partial charge in [-0.15, -0.1) is 0 Å². The molecule has 1 N–H and O–H groups in total. The van der Waals surface area contributed by atoms with Crippen molar-refractivity contribution in [3.63, 3.8) is 0 Å². The van der Waals surface area contributed by atoms with Crippen molar-refractivity contribution in [1.82, 2.24) is 0 Å². The molecule has 0 bridgehead atoms. The third-order valence-electron chi connectivity index (χ3n) is 5.09. The van der Waals surface area contributed by atoms with Crippen molar-refractivity contribution in [2.45, 2.75) is 58.8 Å². The Morgan fingerprint density at radius 1 is 1.31 bits per heavy atom. The largest absolute Gasteiger partial charge is 0.458 e. The van der Waals surface area contributed by atoms with E-state index in [4.69, 9.17) is 19.3 Å². The zero-order chi connectivity index (χ0) is 21.7. The van der Waals surface area contributed by atoms with Gasteiger partial charge in [0.25, 0.3) is 0 Å². The van der Waals surface area contributed by atoms with Gasteiger partial charge in [0.2, 0.25) is 0 Å². The van der Waals surface area contributed by atoms with Gasteiger partial charge in [-0.2, -0.15) is 0 Å². The van der Waals surface area contributed by atoms with E-state index in [1.54, 1.807) is 19.9 Å². The molecule has 0 amide bonds. The van der Waals surface area contributed by atoms with Gasteiger partial charge < -0.3 is 19.3 Å². The van der Waals surface area contributed by atoms with E-state index in [1.165, 1.54) is 13.0 Å². The summed E-state index contributed by atoms with van der Waals surface area (Å²) >= 11 is 0. The molecule has 7 nitrogen and oxygen atoms in total. The van der Waals surface area contributed by atoms with Crippen LogP contribution in [0, 0.1) is 5.92 Å². The summed E-state index contributed by atoms with van der Waals surface area (Å²) in [7, 11) is 0. The summed E-state index contributed by atoms with van der Waals surface area (Å²) in [5.74, 6) is -2.08. The van der Waals surface area contributed by atoms with E-state index in [9.17, 15) is 14.4 Å². The lowest BCUT2D eigenvalue weighted by atomic mass is 9.85. The summed E-state index contributed by atoms with van der Waals surface area (Å²) in [6.45, 7) is 10.2. The third kappa shape index (κ3) is 5.67. The second-order valence-corrected chi connectivity index (χ2v) is 7.43. The Kier molecular flexibility index (Phi) is 7.56. The summed E-state index contributed by atoms with van der Waals surface area (Å²) in [4.78, 5) is 36.1. The molecule has 1 aliphatic carbocycles. The lowest BCUT2D eigenvalue weighted by Gasteiger charge is -2.28. The van der Waals surface area contributed by atoms with Crippen LogP contribution >= 0.6 is 0 Å². The molecule has 1 saturated heterocycles. The Morgan fingerprint density at radius 2 is 2.00 bits per heavy atom. The van der Waals surface area contributed by atoms with Crippen molar-refractivity contribution in [1.29, 1.82) is 0 Å². The number of aliphatic hydroxyl groups is 1. The SMILES string of the molecule is C=C1C(=O)O[C@@H]2/C=C(\C)[C@@H](OC(C)=O)CC=C(C)C[C@@H](OC(=O)/C(C)=C/CO)[C@@H]12. The second-order valence-electron chi connectivity index (χ2n) is 7.43. The number of hydrogen-bond acceptors (Lipinski definition) is 7. The van der Waals surface area contributed by atoms with E-state index in [1.807, 2.05) is 13.0 Å². The van der Waals surface area contributed by atoms with Gasteiger partial charge in [-0.1, -0.05) is 18.2 Å². The maximum absolute atomic E-state index is 12.4. The first-order valence-corrected chi connectivity index (χ1v) is 9.53. The Morgan fingerprint density at radius 3 is 2.62 bits per heavy atom. The van der Waals surface area contributed by atoms with E-state index < -0.39 is 42.1 Å². The van der Waals surface area contributed by atoms with Crippen molar-refractivity contribution in [2.24, 2.45) is 5.92 Å². The van der Waals surface area contributed by atoms with E-state index in [2.05, 4.69) is 6.58 Å². The highest BCUT2D eigenvalue weighted by Crippen LogP contribution is 2.36. The van der Waals surface area contributed by atoms with Gasteiger partial charge in [-0.3, -0.25) is 4.79 Å². The fraction of sp³-hybridized carbons (Fsp3) is 0.500. The van der Waals surface area contributed by atoms with Crippen LogP contribution in [-0.4, -0.2) is 47.9 Å². The smallest absolute Gasteiger partial charge is 0.334 e. The number of rotatable bonds is 4. The van der Waals surface area contributed by atoms with Crippen molar-refractivity contribution >= 4 is 17.9 Å². The van der Waals surface area contributed by atoms with Gasteiger partial charge in [0, 0.05) is 30.9 Å². The monoisotopic (exact) mass is 404 g/mol. The fourth-order valence-corrected chi connectivity index (χ4v) is 3.48. The maximum atomic E-state index is 12.4. The summed E-state index contributed by atoms with van der Waals surface area (Å²) in [6, 6.07) is 0. The van der Waals surface area contributed by atoms with Crippen LogP contribution in [0.3, 0.4) is 0 Å². The molecule has 0 spiro atoms. The lowest BCUT2D eigenvalue weighted by molar-refractivity contribution is -0.148. The average molecular weight is 404 g/mol. The average Bonchev–Trinajstić information content (AvgIpc) is 2.90. The van der Waals surface area contributed by atoms with Crippen LogP contribution in [-0.2, 0) is 28.6 Å². The van der Waals surface area contributed by atoms with Gasteiger partial charge in [0.05, 0.1) is 12.5 Å². The Bertz CT molecular complexity index is 787. The first kappa shape index (κ1) is 22.6. The molecule has 2 aliphatic rings. The molecular weight excluding hydrogens is 376 g/mol. The lowest BCUT2D eigenvalue weighted by Crippen LogP contribution is -2.34. The molecule has 2 rings (SSSR count). The highest BCUT2D eigenvalue weighted by molar-refractivity contribution is 5.92. The molecule has 0 unspecified atom stereocenters. The molecule has 1 fully saturated rings. The van der Waals surface area contributed by atoms with Crippen molar-refractivity contribution in [2.75, 3.05) is 6.61 Å². The Hall–Kier alpha value is -2.67. The quantitative estimate of drug-likeness (QED) is 0.333.